The van der Waals surface area contributed by atoms with Gasteiger partial charge < -0.3 is 14.8 Å². The van der Waals surface area contributed by atoms with Crippen LogP contribution in [0.25, 0.3) is 33.3 Å². The van der Waals surface area contributed by atoms with Crippen molar-refractivity contribution in [2.45, 2.75) is 25.7 Å². The van der Waals surface area contributed by atoms with E-state index in [0.29, 0.717) is 18.7 Å². The minimum absolute atomic E-state index is 0.134. The Bertz CT molecular complexity index is 1260. The molecule has 0 spiro atoms. The number of nitrogens with zero attached hydrogens (tertiary/aromatic N) is 1. The van der Waals surface area contributed by atoms with Gasteiger partial charge in [-0.3, -0.25) is 9.89 Å². The van der Waals surface area contributed by atoms with Gasteiger partial charge in [0.1, 0.15) is 6.10 Å². The Hall–Kier alpha value is -3.48. The molecule has 0 radical (unpaired) electrons. The standard InChI is InChI=1S/C26H25N3O3/c1-26(2)31-16-20(32-26)15-27-25(30)19-12-10-18(11-13-19)23-14-24(29-28-23)22-9-5-7-17-6-3-4-8-21(17)22/h3-14,20H,15-16H2,1-2H3,(H,27,30)(H,28,29). The van der Waals surface area contributed by atoms with Crippen LogP contribution in [0.15, 0.2) is 72.8 Å². The van der Waals surface area contributed by atoms with E-state index in [-0.39, 0.29) is 12.0 Å². The molecule has 0 bridgehead atoms. The first-order valence-electron chi connectivity index (χ1n) is 10.7. The molecule has 3 aromatic carbocycles. The SMILES string of the molecule is CC1(C)OCC(CNC(=O)c2ccc(-c3cc(-c4cccc5ccccc45)[nH]n3)cc2)O1. The van der Waals surface area contributed by atoms with E-state index in [1.807, 2.05) is 56.3 Å². The average Bonchev–Trinajstić information content (AvgIpc) is 3.43. The van der Waals surface area contributed by atoms with Gasteiger partial charge in [0.2, 0.25) is 0 Å². The highest BCUT2D eigenvalue weighted by molar-refractivity contribution is 5.96. The maximum Gasteiger partial charge on any atom is 0.251 e. The highest BCUT2D eigenvalue weighted by atomic mass is 16.7. The summed E-state index contributed by atoms with van der Waals surface area (Å²) >= 11 is 0. The fraction of sp³-hybridized carbons (Fsp3) is 0.231. The molecule has 1 saturated heterocycles. The molecule has 4 aromatic rings. The number of carbonyl (C=O) groups is 1. The van der Waals surface area contributed by atoms with Crippen molar-refractivity contribution < 1.29 is 14.3 Å². The molecule has 2 N–H and O–H groups in total. The molecule has 5 rings (SSSR count). The topological polar surface area (TPSA) is 76.2 Å². The smallest absolute Gasteiger partial charge is 0.251 e. The predicted octanol–water partition coefficient (Wildman–Crippen LogP) is 4.78. The van der Waals surface area contributed by atoms with Crippen LogP contribution < -0.4 is 5.32 Å². The van der Waals surface area contributed by atoms with Crippen molar-refractivity contribution in [3.63, 3.8) is 0 Å². The predicted molar refractivity (Wildman–Crippen MR) is 124 cm³/mol. The minimum atomic E-state index is -0.592. The zero-order chi connectivity index (χ0) is 22.1. The van der Waals surface area contributed by atoms with Gasteiger partial charge in [0, 0.05) is 23.2 Å². The Kier molecular flexibility index (Phi) is 5.25. The second-order valence-electron chi connectivity index (χ2n) is 8.43. The van der Waals surface area contributed by atoms with Gasteiger partial charge in [-0.2, -0.15) is 5.10 Å². The lowest BCUT2D eigenvalue weighted by atomic mass is 10.0. The Morgan fingerprint density at radius 1 is 1.09 bits per heavy atom. The van der Waals surface area contributed by atoms with Gasteiger partial charge in [-0.25, -0.2) is 0 Å². The molecule has 6 nitrogen and oxygen atoms in total. The van der Waals surface area contributed by atoms with Crippen LogP contribution in [-0.4, -0.2) is 41.1 Å². The van der Waals surface area contributed by atoms with Gasteiger partial charge >= 0.3 is 0 Å². The van der Waals surface area contributed by atoms with Crippen LogP contribution in [0.3, 0.4) is 0 Å². The van der Waals surface area contributed by atoms with Crippen LogP contribution in [0.5, 0.6) is 0 Å². The van der Waals surface area contributed by atoms with Crippen molar-refractivity contribution in [1.29, 1.82) is 0 Å². The van der Waals surface area contributed by atoms with Crippen molar-refractivity contribution in [3.05, 3.63) is 78.4 Å². The zero-order valence-electron chi connectivity index (χ0n) is 18.1. The fourth-order valence-corrected chi connectivity index (χ4v) is 4.03. The molecule has 1 amide bonds. The summed E-state index contributed by atoms with van der Waals surface area (Å²) in [6, 6.07) is 24.0. The largest absolute Gasteiger partial charge is 0.349 e. The van der Waals surface area contributed by atoms with Crippen LogP contribution in [0.1, 0.15) is 24.2 Å². The third-order valence-electron chi connectivity index (χ3n) is 5.66. The Labute approximate surface area is 186 Å². The van der Waals surface area contributed by atoms with E-state index in [0.717, 1.165) is 22.5 Å². The summed E-state index contributed by atoms with van der Waals surface area (Å²) in [4.78, 5) is 12.5. The van der Waals surface area contributed by atoms with Gasteiger partial charge in [0.25, 0.3) is 5.91 Å². The number of H-pyrrole nitrogens is 1. The Morgan fingerprint density at radius 2 is 1.88 bits per heavy atom. The fourth-order valence-electron chi connectivity index (χ4n) is 4.03. The molecule has 162 valence electrons. The second-order valence-corrected chi connectivity index (χ2v) is 8.43. The van der Waals surface area contributed by atoms with Gasteiger partial charge in [0.15, 0.2) is 5.79 Å². The van der Waals surface area contributed by atoms with Crippen molar-refractivity contribution in [1.82, 2.24) is 15.5 Å². The van der Waals surface area contributed by atoms with Crippen molar-refractivity contribution in [2.75, 3.05) is 13.2 Å². The molecule has 2 heterocycles. The normalized spacial score (nSPS) is 17.5. The molecule has 6 heteroatoms. The van der Waals surface area contributed by atoms with E-state index in [4.69, 9.17) is 9.47 Å². The van der Waals surface area contributed by atoms with E-state index >= 15 is 0 Å². The van der Waals surface area contributed by atoms with Gasteiger partial charge in [-0.1, -0.05) is 54.6 Å². The van der Waals surface area contributed by atoms with Crippen molar-refractivity contribution in [2.24, 2.45) is 0 Å². The number of benzene rings is 3. The number of amides is 1. The lowest BCUT2D eigenvalue weighted by Crippen LogP contribution is -2.34. The van der Waals surface area contributed by atoms with Crippen LogP contribution in [0.4, 0.5) is 0 Å². The molecule has 1 fully saturated rings. The van der Waals surface area contributed by atoms with E-state index in [2.05, 4.69) is 45.8 Å². The number of aromatic nitrogens is 2. The number of carbonyl (C=O) groups excluding carboxylic acids is 1. The first kappa shape index (κ1) is 20.4. The van der Waals surface area contributed by atoms with E-state index in [1.54, 1.807) is 0 Å². The summed E-state index contributed by atoms with van der Waals surface area (Å²) < 4.78 is 11.3. The Balaban J connectivity index is 1.29. The highest BCUT2D eigenvalue weighted by Gasteiger charge is 2.32. The maximum absolute atomic E-state index is 12.5. The summed E-state index contributed by atoms with van der Waals surface area (Å²) in [6.07, 6.45) is -0.134. The molecule has 32 heavy (non-hydrogen) atoms. The number of hydrogen-bond acceptors (Lipinski definition) is 4. The number of aromatic amines is 1. The lowest BCUT2D eigenvalue weighted by Gasteiger charge is -2.17. The molecule has 1 unspecified atom stereocenters. The lowest BCUT2D eigenvalue weighted by molar-refractivity contribution is -0.137. The quantitative estimate of drug-likeness (QED) is 0.481. The summed E-state index contributed by atoms with van der Waals surface area (Å²) in [5.41, 5.74) is 4.44. The summed E-state index contributed by atoms with van der Waals surface area (Å²) in [5, 5.41) is 12.9. The Morgan fingerprint density at radius 3 is 2.66 bits per heavy atom. The van der Waals surface area contributed by atoms with Crippen LogP contribution in [-0.2, 0) is 9.47 Å². The van der Waals surface area contributed by atoms with Crippen molar-refractivity contribution in [3.8, 4) is 22.5 Å². The van der Waals surface area contributed by atoms with Crippen LogP contribution in [0.2, 0.25) is 0 Å². The third kappa shape index (κ3) is 4.15. The van der Waals surface area contributed by atoms with E-state index < -0.39 is 5.79 Å². The van der Waals surface area contributed by atoms with Crippen LogP contribution >= 0.6 is 0 Å². The molecular formula is C26H25N3O3. The minimum Gasteiger partial charge on any atom is -0.349 e. The molecule has 0 aliphatic carbocycles. The molecule has 0 saturated carbocycles. The number of ether oxygens (including phenoxy) is 2. The first-order chi connectivity index (χ1) is 15.5. The number of fused-ring (bicyclic) bond motifs is 1. The second kappa shape index (κ2) is 8.22. The van der Waals surface area contributed by atoms with Crippen LogP contribution in [0, 0.1) is 0 Å². The van der Waals surface area contributed by atoms with Gasteiger partial charge in [0.05, 0.1) is 18.0 Å². The van der Waals surface area contributed by atoms with Crippen molar-refractivity contribution >= 4 is 16.7 Å². The van der Waals surface area contributed by atoms with Gasteiger partial charge in [-0.05, 0) is 42.8 Å². The molecule has 1 aliphatic heterocycles. The summed E-state index contributed by atoms with van der Waals surface area (Å²) in [5.74, 6) is -0.728. The first-order valence-corrected chi connectivity index (χ1v) is 10.7. The summed E-state index contributed by atoms with van der Waals surface area (Å²) in [6.45, 7) is 4.63. The van der Waals surface area contributed by atoms with E-state index in [1.165, 1.54) is 10.8 Å². The monoisotopic (exact) mass is 427 g/mol. The molecular weight excluding hydrogens is 402 g/mol. The molecule has 1 aliphatic rings. The zero-order valence-corrected chi connectivity index (χ0v) is 18.1. The summed E-state index contributed by atoms with van der Waals surface area (Å²) in [7, 11) is 0. The molecule has 1 aromatic heterocycles. The van der Waals surface area contributed by atoms with Gasteiger partial charge in [-0.15, -0.1) is 0 Å². The number of hydrogen-bond donors (Lipinski definition) is 2. The van der Waals surface area contributed by atoms with E-state index in [9.17, 15) is 4.79 Å². The number of nitrogens with one attached hydrogen (secondary N) is 2. The average molecular weight is 428 g/mol. The number of rotatable bonds is 5. The molecule has 1 atom stereocenters. The maximum atomic E-state index is 12.5. The highest BCUT2D eigenvalue weighted by Crippen LogP contribution is 2.30. The third-order valence-corrected chi connectivity index (χ3v) is 5.66.